The molecule has 2 heteroatoms. The number of allylic oxidation sites excluding steroid dienone is 4. The number of hydrogen-bond donors (Lipinski definition) is 0. The fourth-order valence-electron chi connectivity index (χ4n) is 6.01. The standard InChI is InChI=1S/C22H30O2/c23-19-13-14-20(24)22-18-12-8-4-2-6-10-16(18)15-9-5-1-3-7-11-17(15)21(19)22/h13-14,17-18,21-22H,1-12H2. The Morgan fingerprint density at radius 1 is 0.583 bits per heavy atom. The number of carbonyl (C=O) groups is 2. The predicted octanol–water partition coefficient (Wildman–Crippen LogP) is 5.18. The second kappa shape index (κ2) is 6.98. The van der Waals surface area contributed by atoms with Crippen LogP contribution in [0.2, 0.25) is 0 Å². The van der Waals surface area contributed by atoms with Crippen LogP contribution in [0, 0.1) is 23.7 Å². The Morgan fingerprint density at radius 3 is 1.46 bits per heavy atom. The van der Waals surface area contributed by atoms with Gasteiger partial charge in [0, 0.05) is 11.8 Å². The second-order valence-corrected chi connectivity index (χ2v) is 8.36. The summed E-state index contributed by atoms with van der Waals surface area (Å²) in [5.41, 5.74) is 3.25. The molecule has 4 aliphatic rings. The Labute approximate surface area is 145 Å². The fourth-order valence-corrected chi connectivity index (χ4v) is 6.01. The van der Waals surface area contributed by atoms with E-state index in [9.17, 15) is 9.59 Å². The molecule has 0 heterocycles. The van der Waals surface area contributed by atoms with E-state index in [4.69, 9.17) is 0 Å². The third kappa shape index (κ3) is 2.82. The van der Waals surface area contributed by atoms with E-state index in [2.05, 4.69) is 0 Å². The lowest BCUT2D eigenvalue weighted by molar-refractivity contribution is -0.133. The molecule has 0 aromatic carbocycles. The van der Waals surface area contributed by atoms with Crippen molar-refractivity contribution in [1.29, 1.82) is 0 Å². The smallest absolute Gasteiger partial charge is 0.160 e. The van der Waals surface area contributed by atoms with Gasteiger partial charge in [-0.25, -0.2) is 0 Å². The van der Waals surface area contributed by atoms with E-state index in [-0.39, 0.29) is 23.4 Å². The van der Waals surface area contributed by atoms with Crippen molar-refractivity contribution >= 4 is 11.6 Å². The van der Waals surface area contributed by atoms with Gasteiger partial charge in [0.2, 0.25) is 0 Å². The van der Waals surface area contributed by atoms with E-state index in [1.165, 1.54) is 64.2 Å². The van der Waals surface area contributed by atoms with Crippen LogP contribution in [0.4, 0.5) is 0 Å². The molecule has 2 saturated carbocycles. The molecule has 130 valence electrons. The molecule has 4 atom stereocenters. The normalized spacial score (nSPS) is 37.5. The summed E-state index contributed by atoms with van der Waals surface area (Å²) in [6.07, 6.45) is 18.0. The summed E-state index contributed by atoms with van der Waals surface area (Å²) in [7, 11) is 0. The molecule has 0 aromatic heterocycles. The lowest BCUT2D eigenvalue weighted by Crippen LogP contribution is -2.46. The van der Waals surface area contributed by atoms with Crippen LogP contribution >= 0.6 is 0 Å². The van der Waals surface area contributed by atoms with Gasteiger partial charge in [0.25, 0.3) is 0 Å². The summed E-state index contributed by atoms with van der Waals surface area (Å²) < 4.78 is 0. The number of hydrogen-bond acceptors (Lipinski definition) is 2. The van der Waals surface area contributed by atoms with Crippen LogP contribution in [0.15, 0.2) is 23.3 Å². The molecule has 2 fully saturated rings. The van der Waals surface area contributed by atoms with E-state index in [0.29, 0.717) is 11.8 Å². The Morgan fingerprint density at radius 2 is 1.00 bits per heavy atom. The Bertz CT molecular complexity index is 533. The van der Waals surface area contributed by atoms with Crippen molar-refractivity contribution in [3.05, 3.63) is 23.3 Å². The summed E-state index contributed by atoms with van der Waals surface area (Å²) in [5.74, 6) is 1.13. The molecule has 4 unspecified atom stereocenters. The molecular weight excluding hydrogens is 296 g/mol. The molecule has 24 heavy (non-hydrogen) atoms. The van der Waals surface area contributed by atoms with Gasteiger partial charge in [-0.3, -0.25) is 9.59 Å². The zero-order chi connectivity index (χ0) is 16.5. The van der Waals surface area contributed by atoms with Crippen molar-refractivity contribution in [2.24, 2.45) is 23.7 Å². The van der Waals surface area contributed by atoms with E-state index >= 15 is 0 Å². The van der Waals surface area contributed by atoms with Gasteiger partial charge in [0.15, 0.2) is 11.6 Å². The zero-order valence-corrected chi connectivity index (χ0v) is 14.8. The fraction of sp³-hybridized carbons (Fsp3) is 0.727. The molecule has 0 bridgehead atoms. The Balaban J connectivity index is 1.81. The van der Waals surface area contributed by atoms with E-state index in [1.807, 2.05) is 0 Å². The van der Waals surface area contributed by atoms with E-state index in [1.54, 1.807) is 23.3 Å². The average Bonchev–Trinajstić information content (AvgIpc) is 2.52. The summed E-state index contributed by atoms with van der Waals surface area (Å²) >= 11 is 0. The topological polar surface area (TPSA) is 34.1 Å². The van der Waals surface area contributed by atoms with Gasteiger partial charge < -0.3 is 0 Å². The van der Waals surface area contributed by atoms with Crippen molar-refractivity contribution in [3.63, 3.8) is 0 Å². The molecule has 4 rings (SSSR count). The average molecular weight is 326 g/mol. The van der Waals surface area contributed by atoms with Gasteiger partial charge in [-0.1, -0.05) is 49.7 Å². The number of ketones is 2. The molecule has 0 N–H and O–H groups in total. The minimum absolute atomic E-state index is 0.0382. The first-order valence-corrected chi connectivity index (χ1v) is 10.2. The summed E-state index contributed by atoms with van der Waals surface area (Å²) in [6, 6.07) is 0. The van der Waals surface area contributed by atoms with Crippen LogP contribution < -0.4 is 0 Å². The SMILES string of the molecule is O=C1C=CC(=O)C2C3CCCCCCC3=C3CCCCCCC3C12. The quantitative estimate of drug-likeness (QED) is 0.575. The highest BCUT2D eigenvalue weighted by Crippen LogP contribution is 2.52. The Hall–Kier alpha value is -1.18. The monoisotopic (exact) mass is 326 g/mol. The maximum Gasteiger partial charge on any atom is 0.160 e. The molecule has 0 aromatic rings. The van der Waals surface area contributed by atoms with Crippen LogP contribution in [0.3, 0.4) is 0 Å². The number of rotatable bonds is 0. The van der Waals surface area contributed by atoms with Crippen LogP contribution in [-0.4, -0.2) is 11.6 Å². The summed E-state index contributed by atoms with van der Waals surface area (Å²) in [5, 5.41) is 0. The summed E-state index contributed by atoms with van der Waals surface area (Å²) in [4.78, 5) is 25.6. The van der Waals surface area contributed by atoms with Gasteiger partial charge in [-0.05, 0) is 62.5 Å². The molecule has 0 spiro atoms. The molecule has 2 nitrogen and oxygen atoms in total. The predicted molar refractivity (Wildman–Crippen MR) is 95.5 cm³/mol. The van der Waals surface area contributed by atoms with Crippen LogP contribution in [0.25, 0.3) is 0 Å². The highest BCUT2D eigenvalue weighted by molar-refractivity contribution is 6.08. The maximum absolute atomic E-state index is 12.8. The molecule has 0 aliphatic heterocycles. The van der Waals surface area contributed by atoms with Gasteiger partial charge in [-0.2, -0.15) is 0 Å². The number of fused-ring (bicyclic) bond motifs is 5. The molecule has 4 aliphatic carbocycles. The highest BCUT2D eigenvalue weighted by Gasteiger charge is 2.49. The highest BCUT2D eigenvalue weighted by atomic mass is 16.1. The second-order valence-electron chi connectivity index (χ2n) is 8.36. The molecule has 0 saturated heterocycles. The van der Waals surface area contributed by atoms with Gasteiger partial charge in [0.05, 0.1) is 0 Å². The number of carbonyl (C=O) groups excluding carboxylic acids is 2. The lowest BCUT2D eigenvalue weighted by Gasteiger charge is -2.47. The lowest BCUT2D eigenvalue weighted by atomic mass is 9.56. The Kier molecular flexibility index (Phi) is 4.74. The van der Waals surface area contributed by atoms with Crippen molar-refractivity contribution in [1.82, 2.24) is 0 Å². The van der Waals surface area contributed by atoms with E-state index < -0.39 is 0 Å². The van der Waals surface area contributed by atoms with Gasteiger partial charge in [0.1, 0.15) is 0 Å². The minimum atomic E-state index is -0.0382. The van der Waals surface area contributed by atoms with Crippen molar-refractivity contribution in [3.8, 4) is 0 Å². The van der Waals surface area contributed by atoms with Crippen molar-refractivity contribution in [2.75, 3.05) is 0 Å². The first kappa shape index (κ1) is 16.3. The van der Waals surface area contributed by atoms with Crippen LogP contribution in [0.1, 0.15) is 77.0 Å². The third-order valence-corrected chi connectivity index (χ3v) is 7.05. The van der Waals surface area contributed by atoms with E-state index in [0.717, 1.165) is 12.8 Å². The first-order valence-electron chi connectivity index (χ1n) is 10.2. The van der Waals surface area contributed by atoms with Crippen molar-refractivity contribution in [2.45, 2.75) is 77.0 Å². The van der Waals surface area contributed by atoms with Crippen LogP contribution in [0.5, 0.6) is 0 Å². The van der Waals surface area contributed by atoms with Crippen LogP contribution in [-0.2, 0) is 9.59 Å². The first-order chi connectivity index (χ1) is 11.8. The molecular formula is C22H30O2. The maximum atomic E-state index is 12.8. The molecule has 0 radical (unpaired) electrons. The third-order valence-electron chi connectivity index (χ3n) is 7.05. The van der Waals surface area contributed by atoms with Gasteiger partial charge in [-0.15, -0.1) is 0 Å². The summed E-state index contributed by atoms with van der Waals surface area (Å²) in [6.45, 7) is 0. The largest absolute Gasteiger partial charge is 0.294 e. The zero-order valence-electron chi connectivity index (χ0n) is 14.8. The van der Waals surface area contributed by atoms with Crippen molar-refractivity contribution < 1.29 is 9.59 Å². The molecule has 0 amide bonds. The minimum Gasteiger partial charge on any atom is -0.294 e. The van der Waals surface area contributed by atoms with Gasteiger partial charge >= 0.3 is 0 Å².